The Labute approximate surface area is 225 Å². The number of phosphoric ester groups is 1. The first kappa shape index (κ1) is 36.0. The van der Waals surface area contributed by atoms with Crippen LogP contribution in [0.15, 0.2) is 0 Å². The summed E-state index contributed by atoms with van der Waals surface area (Å²) in [6, 6.07) is 0. The molecule has 0 radical (unpaired) electrons. The Morgan fingerprint density at radius 3 is 1.70 bits per heavy atom. The van der Waals surface area contributed by atoms with Gasteiger partial charge in [0.1, 0.15) is 6.61 Å². The zero-order valence-electron chi connectivity index (χ0n) is 23.5. The Kier molecular flexibility index (Phi) is 24.6. The molecule has 0 aromatic heterocycles. The highest BCUT2D eigenvalue weighted by Gasteiger charge is 2.25. The van der Waals surface area contributed by atoms with Gasteiger partial charge < -0.3 is 20.1 Å². The van der Waals surface area contributed by atoms with E-state index in [4.69, 9.17) is 19.7 Å². The van der Waals surface area contributed by atoms with Gasteiger partial charge in [0.05, 0.1) is 13.2 Å². The quantitative estimate of drug-likeness (QED) is 0.0658. The lowest BCUT2D eigenvalue weighted by molar-refractivity contribution is -0.161. The van der Waals surface area contributed by atoms with Crippen LogP contribution in [0.3, 0.4) is 0 Å². The minimum Gasteiger partial charge on any atom is -0.462 e. The van der Waals surface area contributed by atoms with Gasteiger partial charge in [-0.3, -0.25) is 18.6 Å². The standard InChI is InChI=1S/C27H54NO8P/c1-3-5-6-7-8-9-10-11-12-13-14-15-16-17-18-20-27(30)36-25(23-33-26(29)19-4-2)24-35-37(31,32)34-22-21-28/h25H,3-24,28H2,1-2H3,(H,31,32). The molecule has 0 saturated carbocycles. The molecule has 0 amide bonds. The smallest absolute Gasteiger partial charge is 0.462 e. The lowest BCUT2D eigenvalue weighted by atomic mass is 10.0. The monoisotopic (exact) mass is 551 g/mol. The molecule has 0 bridgehead atoms. The maximum absolute atomic E-state index is 12.3. The van der Waals surface area contributed by atoms with Crippen LogP contribution in [-0.2, 0) is 32.7 Å². The molecule has 37 heavy (non-hydrogen) atoms. The van der Waals surface area contributed by atoms with Crippen molar-refractivity contribution in [3.8, 4) is 0 Å². The summed E-state index contributed by atoms with van der Waals surface area (Å²) in [6.45, 7) is 3.32. The lowest BCUT2D eigenvalue weighted by Gasteiger charge is -2.19. The molecule has 0 saturated heterocycles. The predicted octanol–water partition coefficient (Wildman–Crippen LogP) is 6.60. The van der Waals surface area contributed by atoms with Crippen molar-refractivity contribution < 1.29 is 37.6 Å². The van der Waals surface area contributed by atoms with Gasteiger partial charge in [-0.05, 0) is 12.8 Å². The second kappa shape index (κ2) is 25.3. The summed E-state index contributed by atoms with van der Waals surface area (Å²) in [5.41, 5.74) is 5.26. The van der Waals surface area contributed by atoms with E-state index in [0.717, 1.165) is 12.8 Å². The largest absolute Gasteiger partial charge is 0.472 e. The van der Waals surface area contributed by atoms with Gasteiger partial charge in [0.25, 0.3) is 0 Å². The number of hydrogen-bond acceptors (Lipinski definition) is 8. The Morgan fingerprint density at radius 2 is 1.22 bits per heavy atom. The molecule has 10 heteroatoms. The molecule has 0 heterocycles. The SMILES string of the molecule is CCCCCCCCCCCCCCCCCC(=O)OC(COC(=O)CCC)COP(=O)(O)OCCN. The minimum atomic E-state index is -4.33. The van der Waals surface area contributed by atoms with E-state index in [0.29, 0.717) is 12.8 Å². The molecule has 3 N–H and O–H groups in total. The second-order valence-corrected chi connectivity index (χ2v) is 11.1. The van der Waals surface area contributed by atoms with Crippen molar-refractivity contribution in [1.82, 2.24) is 0 Å². The molecule has 2 atom stereocenters. The number of ether oxygens (including phenoxy) is 2. The fourth-order valence-corrected chi connectivity index (χ4v) is 4.61. The van der Waals surface area contributed by atoms with Crippen LogP contribution in [-0.4, -0.2) is 49.3 Å². The highest BCUT2D eigenvalue weighted by atomic mass is 31.2. The van der Waals surface area contributed by atoms with Gasteiger partial charge in [0.2, 0.25) is 0 Å². The van der Waals surface area contributed by atoms with Crippen LogP contribution in [0.25, 0.3) is 0 Å². The Balaban J connectivity index is 3.99. The number of carbonyl (C=O) groups is 2. The molecule has 0 aliphatic rings. The molecule has 9 nitrogen and oxygen atoms in total. The molecule has 0 aromatic carbocycles. The fourth-order valence-electron chi connectivity index (χ4n) is 3.85. The van der Waals surface area contributed by atoms with Crippen molar-refractivity contribution >= 4 is 19.8 Å². The van der Waals surface area contributed by atoms with E-state index in [1.807, 2.05) is 6.92 Å². The van der Waals surface area contributed by atoms with Crippen molar-refractivity contribution in [3.05, 3.63) is 0 Å². The van der Waals surface area contributed by atoms with Crippen molar-refractivity contribution in [2.75, 3.05) is 26.4 Å². The van der Waals surface area contributed by atoms with E-state index in [9.17, 15) is 19.0 Å². The van der Waals surface area contributed by atoms with Crippen molar-refractivity contribution in [2.45, 2.75) is 136 Å². The summed E-state index contributed by atoms with van der Waals surface area (Å²) in [4.78, 5) is 33.6. The molecule has 0 aliphatic carbocycles. The molecule has 0 fully saturated rings. The number of unbranched alkanes of at least 4 members (excludes halogenated alkanes) is 14. The van der Waals surface area contributed by atoms with Crippen LogP contribution in [0.2, 0.25) is 0 Å². The molecule has 220 valence electrons. The summed E-state index contributed by atoms with van der Waals surface area (Å²) in [6.07, 6.45) is 18.7. The molecular formula is C27H54NO8P. The highest BCUT2D eigenvalue weighted by molar-refractivity contribution is 7.47. The minimum absolute atomic E-state index is 0.0558. The predicted molar refractivity (Wildman–Crippen MR) is 146 cm³/mol. The highest BCUT2D eigenvalue weighted by Crippen LogP contribution is 2.43. The summed E-state index contributed by atoms with van der Waals surface area (Å²) >= 11 is 0. The number of rotatable bonds is 27. The zero-order chi connectivity index (χ0) is 27.6. The van der Waals surface area contributed by atoms with Crippen molar-refractivity contribution in [2.24, 2.45) is 5.73 Å². The van der Waals surface area contributed by atoms with E-state index in [1.54, 1.807) is 0 Å². The summed E-state index contributed by atoms with van der Waals surface area (Å²) in [5, 5.41) is 0. The van der Waals surface area contributed by atoms with Gasteiger partial charge in [-0.15, -0.1) is 0 Å². The second-order valence-electron chi connectivity index (χ2n) is 9.63. The van der Waals surface area contributed by atoms with Crippen LogP contribution in [0, 0.1) is 0 Å². The first-order chi connectivity index (χ1) is 17.8. The van der Waals surface area contributed by atoms with E-state index in [2.05, 4.69) is 11.4 Å². The molecule has 0 rings (SSSR count). The normalized spacial score (nSPS) is 13.7. The van der Waals surface area contributed by atoms with E-state index < -0.39 is 32.5 Å². The third-order valence-electron chi connectivity index (χ3n) is 5.96. The average molecular weight is 552 g/mol. The van der Waals surface area contributed by atoms with Crippen LogP contribution >= 0.6 is 7.82 Å². The lowest BCUT2D eigenvalue weighted by Crippen LogP contribution is -2.29. The third kappa shape index (κ3) is 25.1. The maximum Gasteiger partial charge on any atom is 0.472 e. The van der Waals surface area contributed by atoms with Crippen LogP contribution < -0.4 is 5.73 Å². The van der Waals surface area contributed by atoms with Crippen LogP contribution in [0.4, 0.5) is 0 Å². The fraction of sp³-hybridized carbons (Fsp3) is 0.926. The Morgan fingerprint density at radius 1 is 0.703 bits per heavy atom. The summed E-state index contributed by atoms with van der Waals surface area (Å²) in [7, 11) is -4.33. The van der Waals surface area contributed by atoms with Gasteiger partial charge in [0, 0.05) is 19.4 Å². The number of phosphoric acid groups is 1. The van der Waals surface area contributed by atoms with E-state index in [-0.39, 0.29) is 32.6 Å². The van der Waals surface area contributed by atoms with Crippen LogP contribution in [0.5, 0.6) is 0 Å². The van der Waals surface area contributed by atoms with Gasteiger partial charge in [-0.2, -0.15) is 0 Å². The topological polar surface area (TPSA) is 134 Å². The summed E-state index contributed by atoms with van der Waals surface area (Å²) in [5.74, 6) is -0.886. The molecule has 0 aliphatic heterocycles. The number of carbonyl (C=O) groups excluding carboxylic acids is 2. The number of nitrogens with two attached hydrogens (primary N) is 1. The van der Waals surface area contributed by atoms with Gasteiger partial charge >= 0.3 is 19.8 Å². The first-order valence-electron chi connectivity index (χ1n) is 14.5. The van der Waals surface area contributed by atoms with E-state index in [1.165, 1.54) is 77.0 Å². The zero-order valence-corrected chi connectivity index (χ0v) is 24.4. The van der Waals surface area contributed by atoms with Gasteiger partial charge in [0.15, 0.2) is 6.10 Å². The van der Waals surface area contributed by atoms with Crippen LogP contribution in [0.1, 0.15) is 129 Å². The number of esters is 2. The van der Waals surface area contributed by atoms with Gasteiger partial charge in [-0.25, -0.2) is 4.57 Å². The molecular weight excluding hydrogens is 497 g/mol. The maximum atomic E-state index is 12.3. The number of hydrogen-bond donors (Lipinski definition) is 2. The molecule has 2 unspecified atom stereocenters. The Bertz CT molecular complexity index is 605. The van der Waals surface area contributed by atoms with E-state index >= 15 is 0 Å². The molecule has 0 spiro atoms. The Hall–Kier alpha value is -0.990. The summed E-state index contributed by atoms with van der Waals surface area (Å²) < 4.78 is 31.8. The first-order valence-corrected chi connectivity index (χ1v) is 16.0. The van der Waals surface area contributed by atoms with Gasteiger partial charge in [-0.1, -0.05) is 104 Å². The average Bonchev–Trinajstić information content (AvgIpc) is 2.87. The molecule has 0 aromatic rings. The van der Waals surface area contributed by atoms with Crippen molar-refractivity contribution in [1.29, 1.82) is 0 Å². The van der Waals surface area contributed by atoms with Crippen molar-refractivity contribution in [3.63, 3.8) is 0 Å². The third-order valence-corrected chi connectivity index (χ3v) is 6.95.